The van der Waals surface area contributed by atoms with E-state index in [4.69, 9.17) is 9.73 Å². The Kier molecular flexibility index (Phi) is 9.39. The zero-order valence-electron chi connectivity index (χ0n) is 18.1. The summed E-state index contributed by atoms with van der Waals surface area (Å²) in [5.41, 5.74) is 0.176. The van der Waals surface area contributed by atoms with Crippen LogP contribution in [0.5, 0.6) is 0 Å². The fourth-order valence-electron chi connectivity index (χ4n) is 4.43. The number of thioether (sulfide) groups is 1. The molecule has 1 amide bonds. The average Bonchev–Trinajstić information content (AvgIpc) is 3.14. The molecule has 166 valence electrons. The number of aliphatic imine (C=N–C) groups is 1. The van der Waals surface area contributed by atoms with Crippen molar-refractivity contribution < 1.29 is 9.53 Å². The number of carbonyl (C=O) groups is 1. The summed E-state index contributed by atoms with van der Waals surface area (Å²) in [5.74, 6) is 3.61. The van der Waals surface area contributed by atoms with E-state index in [0.717, 1.165) is 96.4 Å². The molecule has 2 N–H and O–H groups in total. The Morgan fingerprint density at radius 3 is 2.83 bits per heavy atom. The summed E-state index contributed by atoms with van der Waals surface area (Å²) in [6.45, 7) is 10.1. The molecule has 1 atom stereocenters. The maximum atomic E-state index is 12.1. The number of nitrogens with zero attached hydrogens (tertiary/aromatic N) is 3. The SMILES string of the molecule is CCNC(=NCC1(N2CCOCC2)CCSC1)NCCCN1CCCCCC1=O. The Labute approximate surface area is 180 Å². The summed E-state index contributed by atoms with van der Waals surface area (Å²) in [4.78, 5) is 21.8. The Morgan fingerprint density at radius 1 is 1.21 bits per heavy atom. The third-order valence-corrected chi connectivity index (χ3v) is 7.44. The second-order valence-electron chi connectivity index (χ2n) is 8.29. The van der Waals surface area contributed by atoms with Crippen LogP contribution in [0.1, 0.15) is 45.4 Å². The Hall–Kier alpha value is -0.990. The molecule has 1 unspecified atom stereocenters. The molecule has 3 aliphatic rings. The van der Waals surface area contributed by atoms with Crippen molar-refractivity contribution in [3.8, 4) is 0 Å². The van der Waals surface area contributed by atoms with Crippen LogP contribution in [-0.2, 0) is 9.53 Å². The average molecular weight is 426 g/mol. The minimum absolute atomic E-state index is 0.176. The Morgan fingerprint density at radius 2 is 2.07 bits per heavy atom. The Balaban J connectivity index is 1.48. The fraction of sp³-hybridized carbons (Fsp3) is 0.905. The van der Waals surface area contributed by atoms with Gasteiger partial charge >= 0.3 is 0 Å². The normalized spacial score (nSPS) is 27.1. The maximum Gasteiger partial charge on any atom is 0.222 e. The Bertz CT molecular complexity index is 533. The second-order valence-corrected chi connectivity index (χ2v) is 9.40. The summed E-state index contributed by atoms with van der Waals surface area (Å²) in [5, 5.41) is 6.88. The molecule has 0 aromatic rings. The number of rotatable bonds is 8. The van der Waals surface area contributed by atoms with E-state index in [1.807, 2.05) is 16.7 Å². The number of hydrogen-bond donors (Lipinski definition) is 2. The van der Waals surface area contributed by atoms with Gasteiger partial charge in [-0.1, -0.05) is 6.42 Å². The first-order valence-electron chi connectivity index (χ1n) is 11.4. The van der Waals surface area contributed by atoms with Crippen LogP contribution < -0.4 is 10.6 Å². The highest BCUT2D eigenvalue weighted by molar-refractivity contribution is 7.99. The monoisotopic (exact) mass is 425 g/mol. The highest BCUT2D eigenvalue weighted by Crippen LogP contribution is 2.34. The molecule has 0 aliphatic carbocycles. The van der Waals surface area contributed by atoms with Gasteiger partial charge in [0.1, 0.15) is 0 Å². The molecular formula is C21H39N5O2S. The molecule has 3 heterocycles. The zero-order chi connectivity index (χ0) is 20.4. The maximum absolute atomic E-state index is 12.1. The number of ether oxygens (including phenoxy) is 1. The van der Waals surface area contributed by atoms with Crippen molar-refractivity contribution in [1.82, 2.24) is 20.4 Å². The molecule has 7 nitrogen and oxygen atoms in total. The molecule has 3 saturated heterocycles. The van der Waals surface area contributed by atoms with Crippen LogP contribution in [0.3, 0.4) is 0 Å². The lowest BCUT2D eigenvalue weighted by Gasteiger charge is -2.42. The quantitative estimate of drug-likeness (QED) is 0.349. The first-order chi connectivity index (χ1) is 14.2. The van der Waals surface area contributed by atoms with Crippen molar-refractivity contribution in [2.45, 2.75) is 51.0 Å². The first-order valence-corrected chi connectivity index (χ1v) is 12.6. The molecule has 0 bridgehead atoms. The molecule has 0 aromatic heterocycles. The van der Waals surface area contributed by atoms with Crippen LogP contribution in [0.4, 0.5) is 0 Å². The van der Waals surface area contributed by atoms with Gasteiger partial charge in [-0.15, -0.1) is 0 Å². The minimum Gasteiger partial charge on any atom is -0.379 e. The van der Waals surface area contributed by atoms with Crippen LogP contribution in [0.15, 0.2) is 4.99 Å². The van der Waals surface area contributed by atoms with E-state index in [9.17, 15) is 4.79 Å². The molecule has 3 aliphatic heterocycles. The summed E-state index contributed by atoms with van der Waals surface area (Å²) in [6, 6.07) is 0. The molecule has 3 fully saturated rings. The van der Waals surface area contributed by atoms with Gasteiger partial charge in [-0.25, -0.2) is 0 Å². The highest BCUT2D eigenvalue weighted by atomic mass is 32.2. The highest BCUT2D eigenvalue weighted by Gasteiger charge is 2.40. The van der Waals surface area contributed by atoms with Crippen molar-refractivity contribution in [2.75, 3.05) is 70.5 Å². The molecule has 3 rings (SSSR count). The van der Waals surface area contributed by atoms with Gasteiger partial charge < -0.3 is 20.3 Å². The minimum atomic E-state index is 0.176. The summed E-state index contributed by atoms with van der Waals surface area (Å²) < 4.78 is 5.56. The van der Waals surface area contributed by atoms with Crippen LogP contribution >= 0.6 is 11.8 Å². The summed E-state index contributed by atoms with van der Waals surface area (Å²) in [7, 11) is 0. The molecule has 0 aromatic carbocycles. The lowest BCUT2D eigenvalue weighted by molar-refractivity contribution is -0.130. The van der Waals surface area contributed by atoms with E-state index >= 15 is 0 Å². The number of amides is 1. The van der Waals surface area contributed by atoms with E-state index < -0.39 is 0 Å². The number of guanidine groups is 1. The largest absolute Gasteiger partial charge is 0.379 e. The van der Waals surface area contributed by atoms with E-state index in [2.05, 4.69) is 22.5 Å². The van der Waals surface area contributed by atoms with Crippen molar-refractivity contribution in [3.63, 3.8) is 0 Å². The van der Waals surface area contributed by atoms with Crippen LogP contribution in [0.2, 0.25) is 0 Å². The van der Waals surface area contributed by atoms with Gasteiger partial charge in [0.2, 0.25) is 5.91 Å². The van der Waals surface area contributed by atoms with Gasteiger partial charge in [-0.2, -0.15) is 11.8 Å². The topological polar surface area (TPSA) is 69.2 Å². The van der Waals surface area contributed by atoms with E-state index in [1.165, 1.54) is 18.6 Å². The van der Waals surface area contributed by atoms with Crippen molar-refractivity contribution in [3.05, 3.63) is 0 Å². The van der Waals surface area contributed by atoms with Gasteiger partial charge in [-0.05, 0) is 38.4 Å². The van der Waals surface area contributed by atoms with E-state index in [-0.39, 0.29) is 5.54 Å². The lowest BCUT2D eigenvalue weighted by atomic mass is 9.96. The van der Waals surface area contributed by atoms with Crippen LogP contribution in [0, 0.1) is 0 Å². The molecular weight excluding hydrogens is 386 g/mol. The van der Waals surface area contributed by atoms with Gasteiger partial charge in [0.05, 0.1) is 25.3 Å². The standard InChI is InChI=1S/C21H39N5O2S/c1-2-22-20(23-9-6-11-25-10-5-3-4-7-19(25)27)24-17-21(8-16-29-18-21)26-12-14-28-15-13-26/h2-18H2,1H3,(H2,22,23,24). The fourth-order valence-corrected chi connectivity index (χ4v) is 5.89. The summed E-state index contributed by atoms with van der Waals surface area (Å²) in [6.07, 6.45) is 6.26. The zero-order valence-corrected chi connectivity index (χ0v) is 18.9. The van der Waals surface area contributed by atoms with Crippen molar-refractivity contribution in [1.29, 1.82) is 0 Å². The first kappa shape index (κ1) is 22.7. The number of nitrogens with one attached hydrogen (secondary N) is 2. The van der Waals surface area contributed by atoms with Gasteiger partial charge in [-0.3, -0.25) is 14.7 Å². The predicted molar refractivity (Wildman–Crippen MR) is 121 cm³/mol. The number of likely N-dealkylation sites (tertiary alicyclic amines) is 1. The van der Waals surface area contributed by atoms with E-state index in [1.54, 1.807) is 0 Å². The second kappa shape index (κ2) is 12.0. The van der Waals surface area contributed by atoms with Crippen molar-refractivity contribution >= 4 is 23.6 Å². The van der Waals surface area contributed by atoms with Gasteiger partial charge in [0, 0.05) is 51.4 Å². The number of hydrogen-bond acceptors (Lipinski definition) is 5. The molecule has 0 radical (unpaired) electrons. The van der Waals surface area contributed by atoms with Gasteiger partial charge in [0.15, 0.2) is 5.96 Å². The molecule has 0 saturated carbocycles. The molecule has 8 heteroatoms. The van der Waals surface area contributed by atoms with Gasteiger partial charge in [0.25, 0.3) is 0 Å². The predicted octanol–water partition coefficient (Wildman–Crippen LogP) is 1.54. The smallest absolute Gasteiger partial charge is 0.222 e. The lowest BCUT2D eigenvalue weighted by Crippen LogP contribution is -2.56. The number of carbonyl (C=O) groups excluding carboxylic acids is 1. The van der Waals surface area contributed by atoms with Crippen molar-refractivity contribution in [2.24, 2.45) is 4.99 Å². The van der Waals surface area contributed by atoms with Crippen LogP contribution in [-0.4, -0.2) is 97.7 Å². The summed E-state index contributed by atoms with van der Waals surface area (Å²) >= 11 is 2.05. The van der Waals surface area contributed by atoms with Crippen LogP contribution in [0.25, 0.3) is 0 Å². The molecule has 29 heavy (non-hydrogen) atoms. The molecule has 0 spiro atoms. The third kappa shape index (κ3) is 6.76. The number of morpholine rings is 1. The third-order valence-electron chi connectivity index (χ3n) is 6.21. The van der Waals surface area contributed by atoms with E-state index in [0.29, 0.717) is 5.91 Å².